The minimum absolute atomic E-state index is 0.595. The van der Waals surface area contributed by atoms with Crippen molar-refractivity contribution in [1.29, 1.82) is 5.26 Å². The lowest BCUT2D eigenvalue weighted by Gasteiger charge is -2.31. The molecule has 2 aromatic rings. The van der Waals surface area contributed by atoms with Gasteiger partial charge in [-0.15, -0.1) is 0 Å². The van der Waals surface area contributed by atoms with Gasteiger partial charge in [0.05, 0.1) is 24.5 Å². The molecule has 7 heteroatoms. The Morgan fingerprint density at radius 3 is 2.72 bits per heavy atom. The highest BCUT2D eigenvalue weighted by atomic mass is 16.5. The van der Waals surface area contributed by atoms with E-state index in [0.717, 1.165) is 74.4 Å². The van der Waals surface area contributed by atoms with Crippen molar-refractivity contribution in [2.75, 3.05) is 42.6 Å². The third kappa shape index (κ3) is 3.13. The van der Waals surface area contributed by atoms with E-state index in [9.17, 15) is 0 Å². The predicted molar refractivity (Wildman–Crippen MR) is 93.5 cm³/mol. The highest BCUT2D eigenvalue weighted by Crippen LogP contribution is 2.25. The van der Waals surface area contributed by atoms with Crippen molar-refractivity contribution in [3.63, 3.8) is 0 Å². The minimum Gasteiger partial charge on any atom is -0.378 e. The molecule has 0 unspecified atom stereocenters. The molecule has 25 heavy (non-hydrogen) atoms. The Hall–Kier alpha value is -2.72. The Morgan fingerprint density at radius 2 is 1.96 bits per heavy atom. The SMILES string of the molecule is Cc1cc(C#N)cnc1N1CCc2nc(N3CCOCC3)ncc2C1. The minimum atomic E-state index is 0.595. The normalized spacial score (nSPS) is 17.1. The molecule has 128 valence electrons. The maximum Gasteiger partial charge on any atom is 0.225 e. The van der Waals surface area contributed by atoms with E-state index in [0.29, 0.717) is 5.56 Å². The number of nitrogens with zero attached hydrogens (tertiary/aromatic N) is 6. The van der Waals surface area contributed by atoms with Crippen LogP contribution in [0.5, 0.6) is 0 Å². The van der Waals surface area contributed by atoms with E-state index in [4.69, 9.17) is 15.0 Å². The van der Waals surface area contributed by atoms with Gasteiger partial charge in [0.1, 0.15) is 11.9 Å². The summed E-state index contributed by atoms with van der Waals surface area (Å²) in [6, 6.07) is 4.02. The largest absolute Gasteiger partial charge is 0.378 e. The summed E-state index contributed by atoms with van der Waals surface area (Å²) in [6.07, 6.45) is 4.45. The van der Waals surface area contributed by atoms with Crippen molar-refractivity contribution in [3.8, 4) is 6.07 Å². The number of rotatable bonds is 2. The highest BCUT2D eigenvalue weighted by Gasteiger charge is 2.22. The van der Waals surface area contributed by atoms with E-state index in [1.165, 1.54) is 0 Å². The number of fused-ring (bicyclic) bond motifs is 1. The van der Waals surface area contributed by atoms with Crippen LogP contribution in [0.15, 0.2) is 18.5 Å². The number of nitriles is 1. The van der Waals surface area contributed by atoms with Gasteiger partial charge in [-0.3, -0.25) is 0 Å². The van der Waals surface area contributed by atoms with Crippen molar-refractivity contribution in [2.24, 2.45) is 0 Å². The van der Waals surface area contributed by atoms with Gasteiger partial charge in [-0.2, -0.15) is 5.26 Å². The summed E-state index contributed by atoms with van der Waals surface area (Å²) in [4.78, 5) is 18.2. The zero-order valence-corrected chi connectivity index (χ0v) is 14.3. The van der Waals surface area contributed by atoms with Gasteiger partial charge < -0.3 is 14.5 Å². The number of hydrogen-bond acceptors (Lipinski definition) is 7. The summed E-state index contributed by atoms with van der Waals surface area (Å²) in [5.74, 6) is 1.74. The second-order valence-electron chi connectivity index (χ2n) is 6.39. The Morgan fingerprint density at radius 1 is 1.12 bits per heavy atom. The van der Waals surface area contributed by atoms with Gasteiger partial charge in [-0.05, 0) is 18.6 Å². The van der Waals surface area contributed by atoms with Gasteiger partial charge in [0.25, 0.3) is 0 Å². The molecule has 7 nitrogen and oxygen atoms in total. The molecule has 2 aromatic heterocycles. The fourth-order valence-corrected chi connectivity index (χ4v) is 3.36. The van der Waals surface area contributed by atoms with Gasteiger partial charge in [0.15, 0.2) is 0 Å². The van der Waals surface area contributed by atoms with Gasteiger partial charge in [-0.1, -0.05) is 0 Å². The number of morpholine rings is 1. The number of pyridine rings is 1. The molecule has 0 amide bonds. The zero-order valence-electron chi connectivity index (χ0n) is 14.3. The van der Waals surface area contributed by atoms with E-state index < -0.39 is 0 Å². The maximum absolute atomic E-state index is 8.99. The summed E-state index contributed by atoms with van der Waals surface area (Å²) >= 11 is 0. The fraction of sp³-hybridized carbons (Fsp3) is 0.444. The van der Waals surface area contributed by atoms with Crippen molar-refractivity contribution in [1.82, 2.24) is 15.0 Å². The van der Waals surface area contributed by atoms with Crippen LogP contribution >= 0.6 is 0 Å². The lowest BCUT2D eigenvalue weighted by Crippen LogP contribution is -2.38. The molecule has 4 rings (SSSR count). The van der Waals surface area contributed by atoms with Crippen LogP contribution < -0.4 is 9.80 Å². The first-order valence-electron chi connectivity index (χ1n) is 8.54. The third-order valence-electron chi connectivity index (χ3n) is 4.69. The third-order valence-corrected chi connectivity index (χ3v) is 4.69. The van der Waals surface area contributed by atoms with Crippen LogP contribution in [0.4, 0.5) is 11.8 Å². The molecule has 0 radical (unpaired) electrons. The van der Waals surface area contributed by atoms with Crippen LogP contribution in [0, 0.1) is 18.3 Å². The number of anilines is 2. The average molecular weight is 336 g/mol. The number of aromatic nitrogens is 3. The second kappa shape index (κ2) is 6.65. The van der Waals surface area contributed by atoms with Crippen LogP contribution in [-0.4, -0.2) is 47.8 Å². The van der Waals surface area contributed by atoms with Crippen LogP contribution in [-0.2, 0) is 17.7 Å². The molecule has 0 saturated carbocycles. The maximum atomic E-state index is 8.99. The highest BCUT2D eigenvalue weighted by molar-refractivity contribution is 5.51. The van der Waals surface area contributed by atoms with E-state index in [1.54, 1.807) is 6.20 Å². The van der Waals surface area contributed by atoms with Crippen LogP contribution in [0.25, 0.3) is 0 Å². The second-order valence-corrected chi connectivity index (χ2v) is 6.39. The lowest BCUT2D eigenvalue weighted by molar-refractivity contribution is 0.122. The van der Waals surface area contributed by atoms with Crippen molar-refractivity contribution in [3.05, 3.63) is 40.8 Å². The van der Waals surface area contributed by atoms with E-state index in [-0.39, 0.29) is 0 Å². The number of aryl methyl sites for hydroxylation is 1. The first kappa shape index (κ1) is 15.8. The zero-order chi connectivity index (χ0) is 17.2. The molecule has 4 heterocycles. The standard InChI is InChI=1S/C18H20N6O/c1-13-8-14(9-19)10-20-17(13)24-3-2-16-15(12-24)11-21-18(22-16)23-4-6-25-7-5-23/h8,10-11H,2-7,12H2,1H3. The molecule has 0 atom stereocenters. The lowest BCUT2D eigenvalue weighted by atomic mass is 10.1. The van der Waals surface area contributed by atoms with E-state index in [2.05, 4.69) is 25.8 Å². The molecule has 2 aliphatic rings. The van der Waals surface area contributed by atoms with Crippen LogP contribution in [0.2, 0.25) is 0 Å². The molecule has 0 aromatic carbocycles. The Kier molecular flexibility index (Phi) is 4.20. The molecule has 0 aliphatic carbocycles. The van der Waals surface area contributed by atoms with Crippen LogP contribution in [0.1, 0.15) is 22.4 Å². The van der Waals surface area contributed by atoms with Crippen molar-refractivity contribution in [2.45, 2.75) is 19.9 Å². The van der Waals surface area contributed by atoms with Gasteiger partial charge in [-0.25, -0.2) is 15.0 Å². The summed E-state index contributed by atoms with van der Waals surface area (Å²) in [7, 11) is 0. The smallest absolute Gasteiger partial charge is 0.225 e. The average Bonchev–Trinajstić information content (AvgIpc) is 2.67. The molecule has 2 aliphatic heterocycles. The molecule has 1 saturated heterocycles. The van der Waals surface area contributed by atoms with Crippen LogP contribution in [0.3, 0.4) is 0 Å². The monoisotopic (exact) mass is 336 g/mol. The molecular weight excluding hydrogens is 316 g/mol. The number of hydrogen-bond donors (Lipinski definition) is 0. The topological polar surface area (TPSA) is 78.2 Å². The van der Waals surface area contributed by atoms with E-state index in [1.807, 2.05) is 19.2 Å². The first-order chi connectivity index (χ1) is 12.2. The summed E-state index contributed by atoms with van der Waals surface area (Å²) in [6.45, 7) is 6.77. The quantitative estimate of drug-likeness (QED) is 0.821. The molecule has 0 N–H and O–H groups in total. The van der Waals surface area contributed by atoms with Gasteiger partial charge >= 0.3 is 0 Å². The predicted octanol–water partition coefficient (Wildman–Crippen LogP) is 1.45. The molecular formula is C18H20N6O. The number of ether oxygens (including phenoxy) is 1. The van der Waals surface area contributed by atoms with Crippen molar-refractivity contribution >= 4 is 11.8 Å². The Balaban J connectivity index is 1.54. The summed E-state index contributed by atoms with van der Waals surface area (Å²) < 4.78 is 5.39. The Labute approximate surface area is 146 Å². The Bertz CT molecular complexity index is 825. The van der Waals surface area contributed by atoms with Crippen molar-refractivity contribution < 1.29 is 4.74 Å². The molecule has 0 bridgehead atoms. The molecule has 1 fully saturated rings. The fourth-order valence-electron chi connectivity index (χ4n) is 3.36. The first-order valence-corrected chi connectivity index (χ1v) is 8.54. The van der Waals surface area contributed by atoms with Gasteiger partial charge in [0.2, 0.25) is 5.95 Å². The molecule has 0 spiro atoms. The summed E-state index contributed by atoms with van der Waals surface area (Å²) in [5.41, 5.74) is 3.89. The van der Waals surface area contributed by atoms with Gasteiger partial charge in [0, 0.05) is 50.6 Å². The summed E-state index contributed by atoms with van der Waals surface area (Å²) in [5, 5.41) is 8.99. The van der Waals surface area contributed by atoms with E-state index >= 15 is 0 Å².